The molecule has 0 aromatic heterocycles. The third-order valence-corrected chi connectivity index (χ3v) is 1.11. The maximum Gasteiger partial charge on any atom is 0.321 e. The molecule has 0 saturated carbocycles. The second-order valence-corrected chi connectivity index (χ2v) is 3.65. The second kappa shape index (κ2) is 4.30. The van der Waals surface area contributed by atoms with E-state index in [1.807, 2.05) is 20.8 Å². The Morgan fingerprint density at radius 1 is 1.33 bits per heavy atom. The molecule has 70 valence electrons. The minimum Gasteiger partial charge on any atom is -0.333 e. The minimum atomic E-state index is -0.520. The molecule has 0 bridgehead atoms. The first kappa shape index (κ1) is 11.2. The van der Waals surface area contributed by atoms with Gasteiger partial charge in [0.1, 0.15) is 5.88 Å². The number of carbonyl (C=O) groups is 2. The Morgan fingerprint density at radius 2 is 1.83 bits per heavy atom. The van der Waals surface area contributed by atoms with E-state index in [0.29, 0.717) is 0 Å². The molecule has 0 aromatic carbocycles. The molecule has 3 amide bonds. The van der Waals surface area contributed by atoms with Crippen LogP contribution in [0.15, 0.2) is 0 Å². The van der Waals surface area contributed by atoms with Crippen molar-refractivity contribution < 1.29 is 9.59 Å². The van der Waals surface area contributed by atoms with E-state index in [0.717, 1.165) is 0 Å². The van der Waals surface area contributed by atoms with E-state index in [9.17, 15) is 9.59 Å². The Balaban J connectivity index is 3.83. The van der Waals surface area contributed by atoms with Gasteiger partial charge in [-0.1, -0.05) is 0 Å². The highest BCUT2D eigenvalue weighted by Gasteiger charge is 2.14. The first-order chi connectivity index (χ1) is 5.35. The molecule has 0 aromatic rings. The van der Waals surface area contributed by atoms with Crippen molar-refractivity contribution >= 4 is 23.5 Å². The summed E-state index contributed by atoms with van der Waals surface area (Å²) >= 11 is 5.18. The number of rotatable bonds is 1. The molecule has 12 heavy (non-hydrogen) atoms. The fourth-order valence-electron chi connectivity index (χ4n) is 0.532. The zero-order valence-electron chi connectivity index (χ0n) is 7.40. The summed E-state index contributed by atoms with van der Waals surface area (Å²) in [6, 6.07) is -0.520. The number of nitrogens with one attached hydrogen (secondary N) is 2. The van der Waals surface area contributed by atoms with Crippen LogP contribution in [0, 0.1) is 0 Å². The number of hydrogen-bond acceptors (Lipinski definition) is 2. The normalized spacial score (nSPS) is 10.7. The smallest absolute Gasteiger partial charge is 0.321 e. The van der Waals surface area contributed by atoms with Crippen molar-refractivity contribution in [2.75, 3.05) is 5.88 Å². The summed E-state index contributed by atoms with van der Waals surface area (Å²) in [7, 11) is 0. The third-order valence-electron chi connectivity index (χ3n) is 0.863. The zero-order valence-corrected chi connectivity index (χ0v) is 8.16. The van der Waals surface area contributed by atoms with Gasteiger partial charge in [-0.2, -0.15) is 0 Å². The summed E-state index contributed by atoms with van der Waals surface area (Å²) in [6.45, 7) is 5.45. The van der Waals surface area contributed by atoms with Gasteiger partial charge >= 0.3 is 6.03 Å². The molecule has 0 heterocycles. The first-order valence-electron chi connectivity index (χ1n) is 3.53. The van der Waals surface area contributed by atoms with Crippen LogP contribution < -0.4 is 10.6 Å². The number of halogens is 1. The van der Waals surface area contributed by atoms with E-state index < -0.39 is 11.9 Å². The SMILES string of the molecule is CC(C)(C)NC(=O)NC(=O)CCl. The van der Waals surface area contributed by atoms with Crippen LogP contribution in [-0.4, -0.2) is 23.4 Å². The summed E-state index contributed by atoms with van der Waals surface area (Å²) in [4.78, 5) is 21.5. The number of imide groups is 1. The molecular formula is C7H13ClN2O2. The van der Waals surface area contributed by atoms with E-state index in [1.165, 1.54) is 0 Å². The van der Waals surface area contributed by atoms with E-state index in [2.05, 4.69) is 10.6 Å². The van der Waals surface area contributed by atoms with Gasteiger partial charge in [0.25, 0.3) is 0 Å². The van der Waals surface area contributed by atoms with Crippen molar-refractivity contribution in [1.82, 2.24) is 10.6 Å². The van der Waals surface area contributed by atoms with Crippen molar-refractivity contribution in [3.63, 3.8) is 0 Å². The maximum absolute atomic E-state index is 10.9. The average molecular weight is 193 g/mol. The average Bonchev–Trinajstić information content (AvgIpc) is 1.82. The van der Waals surface area contributed by atoms with Crippen molar-refractivity contribution in [1.29, 1.82) is 0 Å². The van der Waals surface area contributed by atoms with Crippen LogP contribution in [0.3, 0.4) is 0 Å². The topological polar surface area (TPSA) is 58.2 Å². The molecule has 0 rings (SSSR count). The zero-order chi connectivity index (χ0) is 9.78. The minimum absolute atomic E-state index is 0.211. The Labute approximate surface area is 76.7 Å². The van der Waals surface area contributed by atoms with Crippen LogP contribution in [0.2, 0.25) is 0 Å². The molecule has 0 aliphatic carbocycles. The van der Waals surface area contributed by atoms with E-state index >= 15 is 0 Å². The second-order valence-electron chi connectivity index (χ2n) is 3.39. The van der Waals surface area contributed by atoms with Crippen molar-refractivity contribution in [3.05, 3.63) is 0 Å². The summed E-state index contributed by atoms with van der Waals surface area (Å²) < 4.78 is 0. The van der Waals surface area contributed by atoms with Crippen molar-refractivity contribution in [3.8, 4) is 0 Å². The fourth-order valence-corrected chi connectivity index (χ4v) is 0.599. The lowest BCUT2D eigenvalue weighted by Crippen LogP contribution is -2.48. The third kappa shape index (κ3) is 5.97. The largest absolute Gasteiger partial charge is 0.333 e. The van der Waals surface area contributed by atoms with Crippen molar-refractivity contribution in [2.24, 2.45) is 0 Å². The van der Waals surface area contributed by atoms with Gasteiger partial charge in [-0.05, 0) is 20.8 Å². The van der Waals surface area contributed by atoms with Crippen molar-refractivity contribution in [2.45, 2.75) is 26.3 Å². The molecule has 0 saturated heterocycles. The van der Waals surface area contributed by atoms with Gasteiger partial charge in [-0.15, -0.1) is 11.6 Å². The van der Waals surface area contributed by atoms with Crippen LogP contribution in [-0.2, 0) is 4.79 Å². The Bertz CT molecular complexity index is 186. The highest BCUT2D eigenvalue weighted by atomic mass is 35.5. The molecular weight excluding hydrogens is 180 g/mol. The van der Waals surface area contributed by atoms with Gasteiger partial charge in [0, 0.05) is 5.54 Å². The summed E-state index contributed by atoms with van der Waals surface area (Å²) in [5, 5.41) is 4.62. The summed E-state index contributed by atoms with van der Waals surface area (Å²) in [5.74, 6) is -0.712. The number of amides is 3. The molecule has 0 radical (unpaired) electrons. The molecule has 0 unspecified atom stereocenters. The molecule has 0 spiro atoms. The van der Waals surface area contributed by atoms with Gasteiger partial charge in [0.15, 0.2) is 0 Å². The summed E-state index contributed by atoms with van der Waals surface area (Å²) in [5.41, 5.74) is -0.351. The van der Waals surface area contributed by atoms with Gasteiger partial charge in [-0.25, -0.2) is 4.79 Å². The number of hydrogen-bond donors (Lipinski definition) is 2. The molecule has 0 atom stereocenters. The van der Waals surface area contributed by atoms with Crippen LogP contribution in [0.4, 0.5) is 4.79 Å². The maximum atomic E-state index is 10.9. The first-order valence-corrected chi connectivity index (χ1v) is 4.06. The lowest BCUT2D eigenvalue weighted by atomic mass is 10.1. The predicted molar refractivity (Wildman–Crippen MR) is 47.1 cm³/mol. The van der Waals surface area contributed by atoms with Gasteiger partial charge < -0.3 is 5.32 Å². The molecule has 2 N–H and O–H groups in total. The highest BCUT2D eigenvalue weighted by molar-refractivity contribution is 6.28. The molecule has 0 aliphatic heterocycles. The monoisotopic (exact) mass is 192 g/mol. The molecule has 4 nitrogen and oxygen atoms in total. The molecule has 0 fully saturated rings. The number of alkyl halides is 1. The standard InChI is InChI=1S/C7H13ClN2O2/c1-7(2,3)10-6(12)9-5(11)4-8/h4H2,1-3H3,(H2,9,10,11,12). The van der Waals surface area contributed by atoms with Crippen LogP contribution in [0.25, 0.3) is 0 Å². The lowest BCUT2D eigenvalue weighted by Gasteiger charge is -2.19. The predicted octanol–water partition coefficient (Wildman–Crippen LogP) is 0.850. The number of carbonyl (C=O) groups excluding carboxylic acids is 2. The molecule has 5 heteroatoms. The van der Waals surface area contributed by atoms with Crippen LogP contribution in [0.1, 0.15) is 20.8 Å². The van der Waals surface area contributed by atoms with E-state index in [-0.39, 0.29) is 11.4 Å². The summed E-state index contributed by atoms with van der Waals surface area (Å²) in [6.07, 6.45) is 0. The highest BCUT2D eigenvalue weighted by Crippen LogP contribution is 1.97. The van der Waals surface area contributed by atoms with Crippen LogP contribution >= 0.6 is 11.6 Å². The van der Waals surface area contributed by atoms with Crippen LogP contribution in [0.5, 0.6) is 0 Å². The quantitative estimate of drug-likeness (QED) is 0.606. The van der Waals surface area contributed by atoms with E-state index in [1.54, 1.807) is 0 Å². The Kier molecular flexibility index (Phi) is 4.03. The van der Waals surface area contributed by atoms with E-state index in [4.69, 9.17) is 11.6 Å². The van der Waals surface area contributed by atoms with Gasteiger partial charge in [0.2, 0.25) is 5.91 Å². The van der Waals surface area contributed by atoms with Gasteiger partial charge in [-0.3, -0.25) is 10.1 Å². The lowest BCUT2D eigenvalue weighted by molar-refractivity contribution is -0.117. The Morgan fingerprint density at radius 3 is 2.17 bits per heavy atom. The van der Waals surface area contributed by atoms with Gasteiger partial charge in [0.05, 0.1) is 0 Å². The number of urea groups is 1. The Hall–Kier alpha value is -0.770. The fraction of sp³-hybridized carbons (Fsp3) is 0.714. The molecule has 0 aliphatic rings.